The van der Waals surface area contributed by atoms with E-state index in [1.165, 1.54) is 0 Å². The summed E-state index contributed by atoms with van der Waals surface area (Å²) in [5.41, 5.74) is 3.32. The van der Waals surface area contributed by atoms with Crippen molar-refractivity contribution >= 4 is 17.5 Å². The van der Waals surface area contributed by atoms with Gasteiger partial charge < -0.3 is 19.3 Å². The summed E-state index contributed by atoms with van der Waals surface area (Å²) in [5, 5.41) is 0. The van der Waals surface area contributed by atoms with Gasteiger partial charge in [-0.2, -0.15) is 0 Å². The Balaban J connectivity index is 1.66. The first-order valence-electron chi connectivity index (χ1n) is 13.5. The van der Waals surface area contributed by atoms with Gasteiger partial charge in [0.25, 0.3) is 5.91 Å². The van der Waals surface area contributed by atoms with Crippen LogP contribution in [0.3, 0.4) is 0 Å². The Labute approximate surface area is 226 Å². The average Bonchev–Trinajstić information content (AvgIpc) is 2.97. The fraction of sp³-hybridized carbons (Fsp3) is 0.375. The van der Waals surface area contributed by atoms with Gasteiger partial charge >= 0.3 is 0 Å². The van der Waals surface area contributed by atoms with Crippen LogP contribution in [0.1, 0.15) is 60.0 Å². The zero-order valence-corrected chi connectivity index (χ0v) is 22.5. The van der Waals surface area contributed by atoms with E-state index < -0.39 is 0 Å². The minimum Gasteiger partial charge on any atom is -0.497 e. The predicted octanol–water partition coefficient (Wildman–Crippen LogP) is 6.28. The zero-order chi connectivity index (χ0) is 26.7. The van der Waals surface area contributed by atoms with Crippen LogP contribution < -0.4 is 14.4 Å². The Morgan fingerprint density at radius 3 is 2.26 bits per heavy atom. The number of anilines is 1. The second-order valence-corrected chi connectivity index (χ2v) is 9.75. The van der Waals surface area contributed by atoms with Gasteiger partial charge in [0.1, 0.15) is 11.5 Å². The second kappa shape index (κ2) is 13.7. The minimum atomic E-state index is -0.0543. The van der Waals surface area contributed by atoms with E-state index in [9.17, 15) is 9.59 Å². The Kier molecular flexibility index (Phi) is 9.79. The molecule has 0 saturated carbocycles. The van der Waals surface area contributed by atoms with E-state index in [2.05, 4.69) is 0 Å². The fourth-order valence-corrected chi connectivity index (χ4v) is 5.07. The van der Waals surface area contributed by atoms with Crippen molar-refractivity contribution in [2.75, 3.05) is 32.2 Å². The van der Waals surface area contributed by atoms with Gasteiger partial charge in [-0.1, -0.05) is 68.1 Å². The van der Waals surface area contributed by atoms with Crippen molar-refractivity contribution < 1.29 is 19.1 Å². The largest absolute Gasteiger partial charge is 0.497 e. The molecule has 0 radical (unpaired) electrons. The van der Waals surface area contributed by atoms with Crippen LogP contribution in [-0.2, 0) is 17.8 Å². The molecule has 0 atom stereocenters. The Hall–Kier alpha value is -3.80. The smallest absolute Gasteiger partial charge is 0.257 e. The molecule has 0 unspecified atom stereocenters. The monoisotopic (exact) mass is 514 g/mol. The van der Waals surface area contributed by atoms with E-state index in [4.69, 9.17) is 9.47 Å². The number of carbonyl (C=O) groups excluding carboxylic acids is 2. The minimum absolute atomic E-state index is 0.0446. The highest BCUT2D eigenvalue weighted by atomic mass is 16.5. The van der Waals surface area contributed by atoms with Gasteiger partial charge in [0.15, 0.2) is 0 Å². The molecule has 4 rings (SSSR count). The van der Waals surface area contributed by atoms with E-state index in [0.717, 1.165) is 61.1 Å². The molecule has 6 nitrogen and oxygen atoms in total. The van der Waals surface area contributed by atoms with Gasteiger partial charge in [0.2, 0.25) is 5.91 Å². The second-order valence-electron chi connectivity index (χ2n) is 9.75. The van der Waals surface area contributed by atoms with Crippen molar-refractivity contribution in [3.05, 3.63) is 89.5 Å². The van der Waals surface area contributed by atoms with Crippen molar-refractivity contribution in [2.45, 2.75) is 51.5 Å². The maximum Gasteiger partial charge on any atom is 0.257 e. The SMILES string of the molecule is COc1cccc(CC(=O)N2CCCCCCCCN(C(=O)c3ccccc3OC)Cc3ccccc32)c1. The quantitative estimate of drug-likeness (QED) is 0.402. The third kappa shape index (κ3) is 6.94. The third-order valence-electron chi connectivity index (χ3n) is 7.12. The first-order chi connectivity index (χ1) is 18.6. The summed E-state index contributed by atoms with van der Waals surface area (Å²) in [6.07, 6.45) is 6.59. The number of carbonyl (C=O) groups is 2. The summed E-state index contributed by atoms with van der Waals surface area (Å²) >= 11 is 0. The van der Waals surface area contributed by atoms with Crippen LogP contribution >= 0.6 is 0 Å². The maximum atomic E-state index is 13.7. The lowest BCUT2D eigenvalue weighted by atomic mass is 10.1. The summed E-state index contributed by atoms with van der Waals surface area (Å²) in [4.78, 5) is 31.3. The van der Waals surface area contributed by atoms with Crippen molar-refractivity contribution in [3.63, 3.8) is 0 Å². The molecule has 0 saturated heterocycles. The summed E-state index contributed by atoms with van der Waals surface area (Å²) in [7, 11) is 3.22. The van der Waals surface area contributed by atoms with Crippen LogP contribution in [0.15, 0.2) is 72.8 Å². The molecule has 0 bridgehead atoms. The molecule has 0 aliphatic carbocycles. The molecule has 1 aliphatic rings. The topological polar surface area (TPSA) is 59.1 Å². The molecule has 200 valence electrons. The number of methoxy groups -OCH3 is 2. The number of benzene rings is 3. The van der Waals surface area contributed by atoms with Crippen LogP contribution in [0.2, 0.25) is 0 Å². The fourth-order valence-electron chi connectivity index (χ4n) is 5.07. The Morgan fingerprint density at radius 2 is 1.47 bits per heavy atom. The lowest BCUT2D eigenvalue weighted by molar-refractivity contribution is -0.118. The van der Waals surface area contributed by atoms with Crippen LogP contribution in [0.4, 0.5) is 5.69 Å². The summed E-state index contributed by atoms with van der Waals surface area (Å²) < 4.78 is 10.9. The van der Waals surface area contributed by atoms with Crippen LogP contribution in [-0.4, -0.2) is 44.0 Å². The molecule has 0 aromatic heterocycles. The summed E-state index contributed by atoms with van der Waals surface area (Å²) in [6, 6.07) is 23.0. The number of hydrogen-bond acceptors (Lipinski definition) is 4. The standard InChI is InChI=1S/C32H38N2O4/c1-37-27-16-13-14-25(22-27)23-31(35)34-21-12-6-4-3-5-11-20-33(24-26-15-7-9-18-29(26)34)32(36)28-17-8-10-19-30(28)38-2/h7-10,13-19,22H,3-6,11-12,20-21,23-24H2,1-2H3. The highest BCUT2D eigenvalue weighted by Gasteiger charge is 2.24. The van der Waals surface area contributed by atoms with E-state index in [-0.39, 0.29) is 18.2 Å². The molecule has 1 aliphatic heterocycles. The van der Waals surface area contributed by atoms with E-state index in [0.29, 0.717) is 30.9 Å². The van der Waals surface area contributed by atoms with Crippen LogP contribution in [0.5, 0.6) is 11.5 Å². The number of amides is 2. The van der Waals surface area contributed by atoms with Gasteiger partial charge in [-0.15, -0.1) is 0 Å². The first kappa shape index (κ1) is 27.2. The van der Waals surface area contributed by atoms with Crippen molar-refractivity contribution in [1.29, 1.82) is 0 Å². The van der Waals surface area contributed by atoms with E-state index in [1.54, 1.807) is 14.2 Å². The van der Waals surface area contributed by atoms with Gasteiger partial charge in [0, 0.05) is 25.3 Å². The third-order valence-corrected chi connectivity index (χ3v) is 7.12. The van der Waals surface area contributed by atoms with Crippen molar-refractivity contribution in [2.24, 2.45) is 0 Å². The highest BCUT2D eigenvalue weighted by molar-refractivity contribution is 5.98. The van der Waals surface area contributed by atoms with E-state index in [1.807, 2.05) is 82.6 Å². The molecule has 0 fully saturated rings. The molecule has 3 aromatic carbocycles. The normalized spacial score (nSPS) is 14.9. The van der Waals surface area contributed by atoms with Crippen molar-refractivity contribution in [1.82, 2.24) is 4.90 Å². The number of rotatable bonds is 5. The number of fused-ring (bicyclic) bond motifs is 1. The number of para-hydroxylation sites is 2. The number of nitrogens with zero attached hydrogens (tertiary/aromatic N) is 2. The maximum absolute atomic E-state index is 13.7. The lowest BCUT2D eigenvalue weighted by Gasteiger charge is -2.29. The molecular formula is C32H38N2O4. The van der Waals surface area contributed by atoms with Crippen LogP contribution in [0.25, 0.3) is 0 Å². The molecule has 0 N–H and O–H groups in total. The molecule has 3 aromatic rings. The van der Waals surface area contributed by atoms with Crippen LogP contribution in [0, 0.1) is 0 Å². The zero-order valence-electron chi connectivity index (χ0n) is 22.5. The summed E-state index contributed by atoms with van der Waals surface area (Å²) in [6.45, 7) is 1.74. The predicted molar refractivity (Wildman–Crippen MR) is 151 cm³/mol. The van der Waals surface area contributed by atoms with Gasteiger partial charge in [-0.05, 0) is 54.3 Å². The average molecular weight is 515 g/mol. The molecular weight excluding hydrogens is 476 g/mol. The number of hydrogen-bond donors (Lipinski definition) is 0. The van der Waals surface area contributed by atoms with Crippen molar-refractivity contribution in [3.8, 4) is 11.5 Å². The van der Waals surface area contributed by atoms with E-state index >= 15 is 0 Å². The lowest BCUT2D eigenvalue weighted by Crippen LogP contribution is -2.36. The summed E-state index contributed by atoms with van der Waals surface area (Å²) in [5.74, 6) is 1.31. The molecule has 2 amide bonds. The van der Waals surface area contributed by atoms with Gasteiger partial charge in [-0.25, -0.2) is 0 Å². The molecule has 6 heteroatoms. The molecule has 1 heterocycles. The van der Waals surface area contributed by atoms with Gasteiger partial charge in [-0.3, -0.25) is 9.59 Å². The Bertz CT molecular complexity index is 1230. The Morgan fingerprint density at radius 1 is 0.763 bits per heavy atom. The highest BCUT2D eigenvalue weighted by Crippen LogP contribution is 2.27. The first-order valence-corrected chi connectivity index (χ1v) is 13.5. The molecule has 0 spiro atoms. The van der Waals surface area contributed by atoms with Gasteiger partial charge in [0.05, 0.1) is 26.2 Å². The number of ether oxygens (including phenoxy) is 2. The molecule has 38 heavy (non-hydrogen) atoms.